The molecule has 14 heteroatoms. The van der Waals surface area contributed by atoms with Gasteiger partial charge in [-0.25, -0.2) is 0 Å². The molecular formula is C32H35B3O11. The maximum absolute atomic E-state index is 10.5. The Morgan fingerprint density at radius 2 is 1.17 bits per heavy atom. The summed E-state index contributed by atoms with van der Waals surface area (Å²) in [5, 5.41) is 45.7. The molecule has 0 amide bonds. The van der Waals surface area contributed by atoms with E-state index in [2.05, 4.69) is 0 Å². The van der Waals surface area contributed by atoms with Crippen LogP contribution in [-0.4, -0.2) is 64.9 Å². The van der Waals surface area contributed by atoms with E-state index in [4.69, 9.17) is 24.2 Å². The summed E-state index contributed by atoms with van der Waals surface area (Å²) >= 11 is 0. The quantitative estimate of drug-likeness (QED) is 0.124. The number of aliphatic carboxylic acids is 2. The summed E-state index contributed by atoms with van der Waals surface area (Å²) in [7, 11) is -2.62. The van der Waals surface area contributed by atoms with Gasteiger partial charge < -0.3 is 39.2 Å². The largest absolute Gasteiger partial charge is 0.492 e. The second kappa shape index (κ2) is 17.0. The van der Waals surface area contributed by atoms with Crippen LogP contribution in [0.5, 0.6) is 0 Å². The molecule has 0 bridgehead atoms. The van der Waals surface area contributed by atoms with E-state index in [0.29, 0.717) is 43.7 Å². The molecular weight excluding hydrogens is 593 g/mol. The lowest BCUT2D eigenvalue weighted by molar-refractivity contribution is -0.138. The number of fused-ring (bicyclic) bond motifs is 3. The SMILES string of the molecule is O=C(O)CC/C=C/c1cccc2c1B(O)OC2.O=C(O)CCCCc1cccc2c1B(O)OC2.O=Cc1cccc2c1B(O)OC2. The summed E-state index contributed by atoms with van der Waals surface area (Å²) in [6, 6.07) is 16.9. The van der Waals surface area contributed by atoms with Gasteiger partial charge in [-0.3, -0.25) is 14.4 Å². The number of carboxylic acids is 2. The number of carboxylic acid groups (broad SMARTS) is 2. The van der Waals surface area contributed by atoms with Gasteiger partial charge in [-0.1, -0.05) is 66.7 Å². The lowest BCUT2D eigenvalue weighted by Crippen LogP contribution is -2.31. The van der Waals surface area contributed by atoms with Crippen molar-refractivity contribution < 1.29 is 53.6 Å². The second-order valence-electron chi connectivity index (χ2n) is 10.9. The van der Waals surface area contributed by atoms with E-state index in [1.165, 1.54) is 0 Å². The molecule has 0 saturated heterocycles. The van der Waals surface area contributed by atoms with Gasteiger partial charge in [-0.15, -0.1) is 0 Å². The number of hydrogen-bond donors (Lipinski definition) is 5. The van der Waals surface area contributed by atoms with Crippen molar-refractivity contribution >= 4 is 62.0 Å². The molecule has 5 N–H and O–H groups in total. The van der Waals surface area contributed by atoms with Crippen molar-refractivity contribution in [2.45, 2.75) is 58.3 Å². The molecule has 46 heavy (non-hydrogen) atoms. The first kappa shape index (κ1) is 34.8. The summed E-state index contributed by atoms with van der Waals surface area (Å²) in [5.74, 6) is -1.57. The van der Waals surface area contributed by atoms with Crippen LogP contribution in [0.1, 0.15) is 70.3 Å². The van der Waals surface area contributed by atoms with Crippen molar-refractivity contribution in [1.82, 2.24) is 0 Å². The molecule has 3 aromatic carbocycles. The van der Waals surface area contributed by atoms with Crippen LogP contribution in [0.15, 0.2) is 60.7 Å². The van der Waals surface area contributed by atoms with Gasteiger partial charge in [0.15, 0.2) is 0 Å². The minimum Gasteiger partial charge on any atom is -0.481 e. The van der Waals surface area contributed by atoms with Gasteiger partial charge in [0.05, 0.1) is 19.8 Å². The van der Waals surface area contributed by atoms with Crippen LogP contribution in [0.3, 0.4) is 0 Å². The van der Waals surface area contributed by atoms with Crippen LogP contribution in [0.25, 0.3) is 6.08 Å². The number of hydrogen-bond acceptors (Lipinski definition) is 9. The van der Waals surface area contributed by atoms with Crippen LogP contribution in [-0.2, 0) is 49.8 Å². The maximum atomic E-state index is 10.5. The number of aryl methyl sites for hydroxylation is 1. The Kier molecular flexibility index (Phi) is 12.9. The average Bonchev–Trinajstić information content (AvgIpc) is 3.75. The van der Waals surface area contributed by atoms with Crippen molar-refractivity contribution in [3.63, 3.8) is 0 Å². The van der Waals surface area contributed by atoms with E-state index in [-0.39, 0.29) is 12.8 Å². The Balaban J connectivity index is 0.000000159. The Bertz CT molecular complexity index is 1560. The van der Waals surface area contributed by atoms with Crippen molar-refractivity contribution in [3.8, 4) is 0 Å². The number of rotatable bonds is 10. The van der Waals surface area contributed by atoms with Crippen molar-refractivity contribution in [1.29, 1.82) is 0 Å². The molecule has 3 aromatic rings. The molecule has 3 aliphatic heterocycles. The maximum Gasteiger partial charge on any atom is 0.492 e. The Labute approximate surface area is 267 Å². The van der Waals surface area contributed by atoms with E-state index in [1.54, 1.807) is 18.2 Å². The van der Waals surface area contributed by atoms with E-state index in [1.807, 2.05) is 48.5 Å². The molecule has 0 unspecified atom stereocenters. The molecule has 3 heterocycles. The highest BCUT2D eigenvalue weighted by Crippen LogP contribution is 2.16. The Morgan fingerprint density at radius 3 is 1.74 bits per heavy atom. The first-order chi connectivity index (χ1) is 22.2. The fraction of sp³-hybridized carbons (Fsp3) is 0.281. The van der Waals surface area contributed by atoms with Crippen LogP contribution < -0.4 is 16.4 Å². The smallest absolute Gasteiger partial charge is 0.481 e. The molecule has 0 saturated carbocycles. The predicted molar refractivity (Wildman–Crippen MR) is 173 cm³/mol. The van der Waals surface area contributed by atoms with Crippen molar-refractivity contribution in [2.24, 2.45) is 0 Å². The lowest BCUT2D eigenvalue weighted by Gasteiger charge is -2.07. The summed E-state index contributed by atoms with van der Waals surface area (Å²) in [6.45, 7) is 1.27. The fourth-order valence-corrected chi connectivity index (χ4v) is 5.46. The molecule has 11 nitrogen and oxygen atoms in total. The van der Waals surface area contributed by atoms with E-state index in [9.17, 15) is 29.5 Å². The van der Waals surface area contributed by atoms with Crippen LogP contribution in [0.2, 0.25) is 0 Å². The number of unbranched alkanes of at least 4 members (excludes halogenated alkanes) is 1. The zero-order valence-electron chi connectivity index (χ0n) is 25.2. The monoisotopic (exact) mass is 628 g/mol. The molecule has 0 atom stereocenters. The molecule has 238 valence electrons. The normalized spacial score (nSPS) is 14.2. The van der Waals surface area contributed by atoms with Gasteiger partial charge in [-0.05, 0) is 69.9 Å². The van der Waals surface area contributed by atoms with Gasteiger partial charge in [-0.2, -0.15) is 0 Å². The highest BCUT2D eigenvalue weighted by molar-refractivity contribution is 6.63. The van der Waals surface area contributed by atoms with E-state index < -0.39 is 33.3 Å². The van der Waals surface area contributed by atoms with E-state index >= 15 is 0 Å². The predicted octanol–water partition coefficient (Wildman–Crippen LogP) is 1.20. The van der Waals surface area contributed by atoms with Gasteiger partial charge in [0.2, 0.25) is 0 Å². The molecule has 0 aliphatic carbocycles. The minimum atomic E-state index is -0.929. The third-order valence-electron chi connectivity index (χ3n) is 7.71. The van der Waals surface area contributed by atoms with Crippen LogP contribution in [0.4, 0.5) is 0 Å². The molecule has 3 aliphatic rings. The molecule has 0 aromatic heterocycles. The summed E-state index contributed by atoms with van der Waals surface area (Å²) in [5.41, 5.74) is 7.67. The number of carbonyl (C=O) groups excluding carboxylic acids is 1. The molecule has 0 spiro atoms. The lowest BCUT2D eigenvalue weighted by atomic mass is 9.75. The third-order valence-corrected chi connectivity index (χ3v) is 7.71. The van der Waals surface area contributed by atoms with E-state index in [0.717, 1.165) is 57.9 Å². The zero-order valence-corrected chi connectivity index (χ0v) is 25.2. The van der Waals surface area contributed by atoms with Crippen molar-refractivity contribution in [2.75, 3.05) is 0 Å². The third kappa shape index (κ3) is 9.26. The molecule has 0 radical (unpaired) electrons. The first-order valence-corrected chi connectivity index (χ1v) is 15.0. The second-order valence-corrected chi connectivity index (χ2v) is 10.9. The summed E-state index contributed by atoms with van der Waals surface area (Å²) in [4.78, 5) is 31.3. The number of carbonyl (C=O) groups is 3. The Hall–Kier alpha value is -4.04. The highest BCUT2D eigenvalue weighted by atomic mass is 16.5. The molecule has 6 rings (SSSR count). The van der Waals surface area contributed by atoms with Crippen LogP contribution >= 0.6 is 0 Å². The molecule has 0 fully saturated rings. The minimum absolute atomic E-state index is 0.116. The first-order valence-electron chi connectivity index (χ1n) is 15.0. The topological polar surface area (TPSA) is 180 Å². The van der Waals surface area contributed by atoms with Gasteiger partial charge in [0, 0.05) is 18.4 Å². The fourth-order valence-electron chi connectivity index (χ4n) is 5.46. The average molecular weight is 628 g/mol. The zero-order chi connectivity index (χ0) is 33.1. The van der Waals surface area contributed by atoms with Crippen molar-refractivity contribution in [3.05, 3.63) is 94.1 Å². The highest BCUT2D eigenvalue weighted by Gasteiger charge is 2.31. The van der Waals surface area contributed by atoms with Crippen LogP contribution in [0, 0.1) is 0 Å². The standard InChI is InChI=1S/C12H15BO4.C12H13BO4.C8H7BO3/c2*14-11(15)7-2-1-4-9-5-3-6-10-8-17-13(16)12(9)10;10-4-6-2-1-3-7-5-12-9(11)8(6)7/h3,5-6,16H,1-2,4,7-8H2,(H,14,15);1,3-6,16H,2,7-8H2,(H,14,15);1-4,11H,5H2/b;4-1+;. The number of benzene rings is 3. The van der Waals surface area contributed by atoms with Gasteiger partial charge in [0.1, 0.15) is 6.29 Å². The van der Waals surface area contributed by atoms with Gasteiger partial charge in [0.25, 0.3) is 0 Å². The number of aldehydes is 1. The van der Waals surface area contributed by atoms with Gasteiger partial charge >= 0.3 is 33.3 Å². The summed E-state index contributed by atoms with van der Waals surface area (Å²) in [6.07, 6.45) is 7.43. The number of allylic oxidation sites excluding steroid dienone is 1. The summed E-state index contributed by atoms with van der Waals surface area (Å²) < 4.78 is 15.3. The Morgan fingerprint density at radius 1 is 0.674 bits per heavy atom.